The summed E-state index contributed by atoms with van der Waals surface area (Å²) in [6.45, 7) is 4.77. The maximum atomic E-state index is 13.3. The predicted octanol–water partition coefficient (Wildman–Crippen LogP) is 2.25. The van der Waals surface area contributed by atoms with Crippen LogP contribution in [0.15, 0.2) is 24.3 Å². The lowest BCUT2D eigenvalue weighted by atomic mass is 10.1. The standard InChI is InChI=1S/C13H18FNO/c1-13(2)7-12(13)15-8-11(16)9-5-3-4-6-10(9)14/h3-6,11-12,15-16H,7-8H2,1-2H3. The van der Waals surface area contributed by atoms with Gasteiger partial charge in [-0.05, 0) is 17.9 Å². The van der Waals surface area contributed by atoms with Crippen molar-refractivity contribution in [3.8, 4) is 0 Å². The van der Waals surface area contributed by atoms with E-state index in [4.69, 9.17) is 0 Å². The van der Waals surface area contributed by atoms with E-state index < -0.39 is 6.10 Å². The minimum absolute atomic E-state index is 0.328. The molecule has 88 valence electrons. The van der Waals surface area contributed by atoms with Crippen LogP contribution in [0.2, 0.25) is 0 Å². The zero-order valence-corrected chi connectivity index (χ0v) is 9.70. The lowest BCUT2D eigenvalue weighted by Crippen LogP contribution is -2.26. The van der Waals surface area contributed by atoms with Gasteiger partial charge in [-0.3, -0.25) is 0 Å². The molecule has 1 aliphatic rings. The van der Waals surface area contributed by atoms with E-state index in [0.717, 1.165) is 6.42 Å². The van der Waals surface area contributed by atoms with Crippen molar-refractivity contribution in [3.63, 3.8) is 0 Å². The number of hydrogen-bond donors (Lipinski definition) is 2. The Balaban J connectivity index is 1.89. The number of aliphatic hydroxyl groups excluding tert-OH is 1. The normalized spacial score (nSPS) is 24.1. The van der Waals surface area contributed by atoms with Gasteiger partial charge in [0.2, 0.25) is 0 Å². The summed E-state index contributed by atoms with van der Waals surface area (Å²) >= 11 is 0. The molecule has 3 heteroatoms. The zero-order chi connectivity index (χ0) is 11.8. The summed E-state index contributed by atoms with van der Waals surface area (Å²) in [6, 6.07) is 6.82. The molecule has 1 fully saturated rings. The number of rotatable bonds is 4. The first-order valence-electron chi connectivity index (χ1n) is 5.66. The summed E-state index contributed by atoms with van der Waals surface area (Å²) in [6.07, 6.45) is 0.356. The number of halogens is 1. The van der Waals surface area contributed by atoms with E-state index in [-0.39, 0.29) is 5.82 Å². The Bertz CT molecular complexity index is 378. The van der Waals surface area contributed by atoms with E-state index in [1.54, 1.807) is 18.2 Å². The van der Waals surface area contributed by atoms with Crippen molar-refractivity contribution in [1.29, 1.82) is 0 Å². The molecule has 0 aromatic heterocycles. The third-order valence-electron chi connectivity index (χ3n) is 3.34. The maximum absolute atomic E-state index is 13.3. The highest BCUT2D eigenvalue weighted by Gasteiger charge is 2.45. The highest BCUT2D eigenvalue weighted by atomic mass is 19.1. The predicted molar refractivity (Wildman–Crippen MR) is 61.5 cm³/mol. The molecule has 0 bridgehead atoms. The molecule has 2 N–H and O–H groups in total. The van der Waals surface area contributed by atoms with Crippen molar-refractivity contribution in [2.45, 2.75) is 32.4 Å². The summed E-state index contributed by atoms with van der Waals surface area (Å²) in [5, 5.41) is 13.1. The van der Waals surface area contributed by atoms with Crippen molar-refractivity contribution in [1.82, 2.24) is 5.32 Å². The summed E-state index contributed by atoms with van der Waals surface area (Å²) in [7, 11) is 0. The molecular weight excluding hydrogens is 205 g/mol. The van der Waals surface area contributed by atoms with E-state index in [9.17, 15) is 9.50 Å². The van der Waals surface area contributed by atoms with Crippen LogP contribution in [0, 0.1) is 11.2 Å². The third kappa shape index (κ3) is 2.42. The Morgan fingerprint density at radius 1 is 1.50 bits per heavy atom. The summed E-state index contributed by atoms with van der Waals surface area (Å²) in [5.41, 5.74) is 0.697. The molecule has 0 amide bonds. The fourth-order valence-corrected chi connectivity index (χ4v) is 1.92. The van der Waals surface area contributed by atoms with Crippen LogP contribution < -0.4 is 5.32 Å². The minimum Gasteiger partial charge on any atom is -0.387 e. The molecule has 0 spiro atoms. The summed E-state index contributed by atoms with van der Waals surface area (Å²) < 4.78 is 13.3. The largest absolute Gasteiger partial charge is 0.387 e. The van der Waals surface area contributed by atoms with E-state index in [0.29, 0.717) is 23.6 Å². The molecule has 0 aliphatic heterocycles. The Morgan fingerprint density at radius 3 is 2.69 bits per heavy atom. The van der Waals surface area contributed by atoms with Crippen molar-refractivity contribution in [3.05, 3.63) is 35.6 Å². The van der Waals surface area contributed by atoms with Gasteiger partial charge in [0, 0.05) is 18.2 Å². The molecule has 1 aliphatic carbocycles. The lowest BCUT2D eigenvalue weighted by molar-refractivity contribution is 0.168. The van der Waals surface area contributed by atoms with Gasteiger partial charge < -0.3 is 10.4 Å². The van der Waals surface area contributed by atoms with Gasteiger partial charge in [0.15, 0.2) is 0 Å². The molecule has 2 atom stereocenters. The fraction of sp³-hybridized carbons (Fsp3) is 0.538. The number of hydrogen-bond acceptors (Lipinski definition) is 2. The van der Waals surface area contributed by atoms with Crippen LogP contribution in [0.1, 0.15) is 31.9 Å². The van der Waals surface area contributed by atoms with Gasteiger partial charge in [0.05, 0.1) is 6.10 Å². The van der Waals surface area contributed by atoms with Crippen LogP contribution >= 0.6 is 0 Å². The van der Waals surface area contributed by atoms with Gasteiger partial charge in [0.1, 0.15) is 5.82 Å². The molecule has 0 radical (unpaired) electrons. The highest BCUT2D eigenvalue weighted by Crippen LogP contribution is 2.44. The first-order chi connectivity index (χ1) is 7.50. The average molecular weight is 223 g/mol. The van der Waals surface area contributed by atoms with Crippen molar-refractivity contribution in [2.24, 2.45) is 5.41 Å². The SMILES string of the molecule is CC1(C)CC1NCC(O)c1ccccc1F. The van der Waals surface area contributed by atoms with Gasteiger partial charge in [0.25, 0.3) is 0 Å². The van der Waals surface area contributed by atoms with Gasteiger partial charge in [-0.2, -0.15) is 0 Å². The molecule has 1 aromatic rings. The Labute approximate surface area is 95.5 Å². The molecule has 2 nitrogen and oxygen atoms in total. The first-order valence-corrected chi connectivity index (χ1v) is 5.66. The summed E-state index contributed by atoms with van der Waals surface area (Å²) in [5.74, 6) is -0.341. The van der Waals surface area contributed by atoms with Gasteiger partial charge in [-0.15, -0.1) is 0 Å². The monoisotopic (exact) mass is 223 g/mol. The number of benzene rings is 1. The molecule has 16 heavy (non-hydrogen) atoms. The highest BCUT2D eigenvalue weighted by molar-refractivity contribution is 5.20. The Morgan fingerprint density at radius 2 is 2.12 bits per heavy atom. The van der Waals surface area contributed by atoms with Crippen LogP contribution in [0.5, 0.6) is 0 Å². The number of nitrogens with one attached hydrogen (secondary N) is 1. The minimum atomic E-state index is -0.766. The second-order valence-electron chi connectivity index (χ2n) is 5.19. The molecule has 2 unspecified atom stereocenters. The van der Waals surface area contributed by atoms with Crippen LogP contribution in [0.4, 0.5) is 4.39 Å². The average Bonchev–Trinajstić information content (AvgIpc) is 2.84. The van der Waals surface area contributed by atoms with E-state index in [1.165, 1.54) is 6.07 Å². The third-order valence-corrected chi connectivity index (χ3v) is 3.34. The topological polar surface area (TPSA) is 32.3 Å². The van der Waals surface area contributed by atoms with Crippen LogP contribution in [-0.2, 0) is 0 Å². The Kier molecular flexibility index (Phi) is 3.00. The molecule has 2 rings (SSSR count). The zero-order valence-electron chi connectivity index (χ0n) is 9.70. The molecule has 0 saturated heterocycles. The van der Waals surface area contributed by atoms with E-state index in [2.05, 4.69) is 19.2 Å². The molecule has 0 heterocycles. The molecule has 1 aromatic carbocycles. The van der Waals surface area contributed by atoms with Crippen molar-refractivity contribution >= 4 is 0 Å². The van der Waals surface area contributed by atoms with Gasteiger partial charge >= 0.3 is 0 Å². The molecule has 1 saturated carbocycles. The first kappa shape index (κ1) is 11.6. The number of aliphatic hydroxyl groups is 1. The van der Waals surface area contributed by atoms with Crippen LogP contribution in [-0.4, -0.2) is 17.7 Å². The fourth-order valence-electron chi connectivity index (χ4n) is 1.92. The van der Waals surface area contributed by atoms with Crippen molar-refractivity contribution in [2.75, 3.05) is 6.54 Å². The summed E-state index contributed by atoms with van der Waals surface area (Å²) in [4.78, 5) is 0. The maximum Gasteiger partial charge on any atom is 0.129 e. The quantitative estimate of drug-likeness (QED) is 0.820. The Hall–Kier alpha value is -0.930. The van der Waals surface area contributed by atoms with E-state index >= 15 is 0 Å². The smallest absolute Gasteiger partial charge is 0.129 e. The van der Waals surface area contributed by atoms with Crippen LogP contribution in [0.3, 0.4) is 0 Å². The van der Waals surface area contributed by atoms with Crippen molar-refractivity contribution < 1.29 is 9.50 Å². The lowest BCUT2D eigenvalue weighted by Gasteiger charge is -2.13. The van der Waals surface area contributed by atoms with Gasteiger partial charge in [-0.25, -0.2) is 4.39 Å². The second kappa shape index (κ2) is 4.15. The van der Waals surface area contributed by atoms with Crippen LogP contribution in [0.25, 0.3) is 0 Å². The van der Waals surface area contributed by atoms with E-state index in [1.807, 2.05) is 0 Å². The molecular formula is C13H18FNO. The van der Waals surface area contributed by atoms with Gasteiger partial charge in [-0.1, -0.05) is 32.0 Å². The second-order valence-corrected chi connectivity index (χ2v) is 5.19.